The molecule has 0 amide bonds. The van der Waals surface area contributed by atoms with E-state index in [1.165, 1.54) is 0 Å². The fourth-order valence-electron chi connectivity index (χ4n) is 1.26. The number of anilines is 1. The molecule has 1 aromatic rings. The quantitative estimate of drug-likeness (QED) is 0.451. The van der Waals surface area contributed by atoms with Crippen molar-refractivity contribution in [1.82, 2.24) is 0 Å². The fraction of sp³-hybridized carbons (Fsp3) is 0.364. The lowest BCUT2D eigenvalue weighted by molar-refractivity contribution is 0.0526. The van der Waals surface area contributed by atoms with Crippen molar-refractivity contribution in [2.45, 2.75) is 13.8 Å². The molecule has 0 aliphatic rings. The molecular weight excluding hydrogens is 208 g/mol. The first-order chi connectivity index (χ1) is 7.72. The molecular formula is C11H16N2O3. The van der Waals surface area contributed by atoms with Crippen LogP contribution < -0.4 is 16.0 Å². The molecule has 0 spiro atoms. The summed E-state index contributed by atoms with van der Waals surface area (Å²) < 4.78 is 10.2. The number of hydrogen-bond donors (Lipinski definition) is 2. The summed E-state index contributed by atoms with van der Waals surface area (Å²) in [5.74, 6) is 5.49. The van der Waals surface area contributed by atoms with Crippen LogP contribution in [0, 0.1) is 0 Å². The molecule has 3 N–H and O–H groups in total. The zero-order chi connectivity index (χ0) is 12.0. The fourth-order valence-corrected chi connectivity index (χ4v) is 1.26. The minimum absolute atomic E-state index is 0.347. The summed E-state index contributed by atoms with van der Waals surface area (Å²) >= 11 is 0. The summed E-state index contributed by atoms with van der Waals surface area (Å²) in [6, 6.07) is 4.92. The van der Waals surface area contributed by atoms with Gasteiger partial charge in [0, 0.05) is 0 Å². The van der Waals surface area contributed by atoms with Crippen molar-refractivity contribution >= 4 is 11.7 Å². The van der Waals surface area contributed by atoms with Crippen molar-refractivity contribution in [2.24, 2.45) is 5.84 Å². The Kier molecular flexibility index (Phi) is 4.60. The number of ether oxygens (including phenoxy) is 2. The first-order valence-corrected chi connectivity index (χ1v) is 5.13. The van der Waals surface area contributed by atoms with Crippen LogP contribution in [0.1, 0.15) is 24.2 Å². The molecule has 0 saturated carbocycles. The van der Waals surface area contributed by atoms with Gasteiger partial charge in [-0.15, -0.1) is 0 Å². The maximum Gasteiger partial charge on any atom is 0.338 e. The topological polar surface area (TPSA) is 73.6 Å². The normalized spacial score (nSPS) is 9.69. The molecule has 0 heterocycles. The van der Waals surface area contributed by atoms with E-state index in [9.17, 15) is 4.79 Å². The molecule has 0 atom stereocenters. The Balaban J connectivity index is 2.96. The van der Waals surface area contributed by atoms with Crippen molar-refractivity contribution in [3.8, 4) is 5.75 Å². The molecule has 16 heavy (non-hydrogen) atoms. The van der Waals surface area contributed by atoms with Crippen LogP contribution in [-0.2, 0) is 4.74 Å². The molecule has 5 nitrogen and oxygen atoms in total. The number of hydrazine groups is 1. The van der Waals surface area contributed by atoms with Gasteiger partial charge in [-0.1, -0.05) is 0 Å². The Bertz CT molecular complexity index is 366. The molecule has 1 aromatic carbocycles. The molecule has 0 aromatic heterocycles. The minimum Gasteiger partial charge on any atom is -0.492 e. The Labute approximate surface area is 94.5 Å². The van der Waals surface area contributed by atoms with Crippen molar-refractivity contribution < 1.29 is 14.3 Å². The third-order valence-corrected chi connectivity index (χ3v) is 1.95. The lowest BCUT2D eigenvalue weighted by Crippen LogP contribution is -2.10. The third-order valence-electron chi connectivity index (χ3n) is 1.95. The highest BCUT2D eigenvalue weighted by atomic mass is 16.5. The minimum atomic E-state index is -0.368. The van der Waals surface area contributed by atoms with Gasteiger partial charge in [0.05, 0.1) is 24.5 Å². The second-order valence-corrected chi connectivity index (χ2v) is 3.01. The van der Waals surface area contributed by atoms with Gasteiger partial charge in [-0.25, -0.2) is 4.79 Å². The van der Waals surface area contributed by atoms with Crippen LogP contribution in [0.25, 0.3) is 0 Å². The summed E-state index contributed by atoms with van der Waals surface area (Å²) in [4.78, 5) is 11.5. The number of nitrogens with one attached hydrogen (secondary N) is 1. The van der Waals surface area contributed by atoms with Gasteiger partial charge in [-0.2, -0.15) is 0 Å². The molecule has 0 saturated heterocycles. The van der Waals surface area contributed by atoms with E-state index in [1.54, 1.807) is 25.1 Å². The Morgan fingerprint density at radius 1 is 1.38 bits per heavy atom. The highest BCUT2D eigenvalue weighted by Crippen LogP contribution is 2.25. The first kappa shape index (κ1) is 12.3. The van der Waals surface area contributed by atoms with Crippen LogP contribution in [-0.4, -0.2) is 19.2 Å². The number of rotatable bonds is 5. The van der Waals surface area contributed by atoms with Crippen molar-refractivity contribution in [3.63, 3.8) is 0 Å². The zero-order valence-electron chi connectivity index (χ0n) is 9.45. The first-order valence-electron chi connectivity index (χ1n) is 5.13. The van der Waals surface area contributed by atoms with Crippen molar-refractivity contribution in [2.75, 3.05) is 18.6 Å². The van der Waals surface area contributed by atoms with Gasteiger partial charge >= 0.3 is 5.97 Å². The summed E-state index contributed by atoms with van der Waals surface area (Å²) in [7, 11) is 0. The Morgan fingerprint density at radius 3 is 2.69 bits per heavy atom. The lowest BCUT2D eigenvalue weighted by Gasteiger charge is -2.10. The maximum atomic E-state index is 11.5. The van der Waals surface area contributed by atoms with E-state index in [1.807, 2.05) is 6.92 Å². The summed E-state index contributed by atoms with van der Waals surface area (Å²) in [5, 5.41) is 0. The van der Waals surface area contributed by atoms with Gasteiger partial charge in [0.1, 0.15) is 5.75 Å². The molecule has 0 aliphatic heterocycles. The smallest absolute Gasteiger partial charge is 0.338 e. The number of esters is 1. The molecule has 0 fully saturated rings. The SMILES string of the molecule is CCOC(=O)c1ccc(NN)c(OCC)c1. The second-order valence-electron chi connectivity index (χ2n) is 3.01. The van der Waals surface area contributed by atoms with E-state index in [4.69, 9.17) is 15.3 Å². The van der Waals surface area contributed by atoms with E-state index < -0.39 is 0 Å². The predicted molar refractivity (Wildman–Crippen MR) is 61.4 cm³/mol. The Morgan fingerprint density at radius 2 is 2.12 bits per heavy atom. The number of nitrogen functional groups attached to an aromatic ring is 1. The standard InChI is InChI=1S/C11H16N2O3/c1-3-15-10-7-8(11(14)16-4-2)5-6-9(10)13-12/h5-7,13H,3-4,12H2,1-2H3. The highest BCUT2D eigenvalue weighted by molar-refractivity contribution is 5.90. The van der Waals surface area contributed by atoms with Crippen LogP contribution >= 0.6 is 0 Å². The molecule has 0 radical (unpaired) electrons. The van der Waals surface area contributed by atoms with Gasteiger partial charge in [0.2, 0.25) is 0 Å². The molecule has 0 bridgehead atoms. The van der Waals surface area contributed by atoms with Crippen LogP contribution in [0.2, 0.25) is 0 Å². The highest BCUT2D eigenvalue weighted by Gasteiger charge is 2.10. The summed E-state index contributed by atoms with van der Waals surface area (Å²) in [6.45, 7) is 4.47. The molecule has 1 rings (SSSR count). The van der Waals surface area contributed by atoms with Gasteiger partial charge in [-0.3, -0.25) is 5.84 Å². The summed E-state index contributed by atoms with van der Waals surface area (Å²) in [5.41, 5.74) is 3.58. The lowest BCUT2D eigenvalue weighted by atomic mass is 10.2. The molecule has 5 heteroatoms. The molecule has 88 valence electrons. The van der Waals surface area contributed by atoms with Gasteiger partial charge in [0.25, 0.3) is 0 Å². The van der Waals surface area contributed by atoms with Crippen LogP contribution in [0.5, 0.6) is 5.75 Å². The van der Waals surface area contributed by atoms with Crippen molar-refractivity contribution in [1.29, 1.82) is 0 Å². The van der Waals surface area contributed by atoms with Crippen LogP contribution in [0.3, 0.4) is 0 Å². The summed E-state index contributed by atoms with van der Waals surface area (Å²) in [6.07, 6.45) is 0. The van der Waals surface area contributed by atoms with Crippen LogP contribution in [0.15, 0.2) is 18.2 Å². The maximum absolute atomic E-state index is 11.5. The Hall–Kier alpha value is -1.75. The van der Waals surface area contributed by atoms with E-state index >= 15 is 0 Å². The van der Waals surface area contributed by atoms with Gasteiger partial charge in [0.15, 0.2) is 0 Å². The number of benzene rings is 1. The number of carbonyl (C=O) groups is 1. The average molecular weight is 224 g/mol. The monoisotopic (exact) mass is 224 g/mol. The van der Waals surface area contributed by atoms with E-state index in [0.29, 0.717) is 30.2 Å². The van der Waals surface area contributed by atoms with E-state index in [0.717, 1.165) is 0 Å². The van der Waals surface area contributed by atoms with Gasteiger partial charge < -0.3 is 14.9 Å². The zero-order valence-corrected chi connectivity index (χ0v) is 9.45. The second kappa shape index (κ2) is 5.97. The van der Waals surface area contributed by atoms with Crippen molar-refractivity contribution in [3.05, 3.63) is 23.8 Å². The van der Waals surface area contributed by atoms with E-state index in [-0.39, 0.29) is 5.97 Å². The largest absolute Gasteiger partial charge is 0.492 e. The van der Waals surface area contributed by atoms with Crippen LogP contribution in [0.4, 0.5) is 5.69 Å². The average Bonchev–Trinajstić information content (AvgIpc) is 2.29. The third kappa shape index (κ3) is 2.87. The number of carbonyl (C=O) groups excluding carboxylic acids is 1. The predicted octanol–water partition coefficient (Wildman–Crippen LogP) is 1.55. The number of nitrogens with two attached hydrogens (primary N) is 1. The number of hydrogen-bond acceptors (Lipinski definition) is 5. The molecule has 0 aliphatic carbocycles. The van der Waals surface area contributed by atoms with Gasteiger partial charge in [-0.05, 0) is 32.0 Å². The molecule has 0 unspecified atom stereocenters. The van der Waals surface area contributed by atoms with E-state index in [2.05, 4.69) is 5.43 Å².